The van der Waals surface area contributed by atoms with E-state index in [9.17, 15) is 8.42 Å². The third-order valence-corrected chi connectivity index (χ3v) is 7.84. The van der Waals surface area contributed by atoms with Gasteiger partial charge in [0.1, 0.15) is 5.01 Å². The molecule has 0 aliphatic heterocycles. The van der Waals surface area contributed by atoms with Gasteiger partial charge in [-0.1, -0.05) is 48.5 Å². The molecule has 156 valence electrons. The summed E-state index contributed by atoms with van der Waals surface area (Å²) in [4.78, 5) is 5.05. The van der Waals surface area contributed by atoms with Crippen LogP contribution < -0.4 is 4.72 Å². The zero-order valence-corrected chi connectivity index (χ0v) is 18.5. The smallest absolute Gasteiger partial charge is 0.261 e. The fraction of sp³-hybridized carbons (Fsp3) is 0.160. The van der Waals surface area contributed by atoms with Crippen LogP contribution in [0.1, 0.15) is 24.0 Å². The third kappa shape index (κ3) is 4.27. The second kappa shape index (κ2) is 8.29. The lowest BCUT2D eigenvalue weighted by Gasteiger charge is -2.17. The Morgan fingerprint density at radius 1 is 0.806 bits per heavy atom. The average Bonchev–Trinajstić information content (AvgIpc) is 3.30. The number of nitrogens with zero attached hydrogens (tertiary/aromatic N) is 1. The van der Waals surface area contributed by atoms with Crippen LogP contribution in [-0.2, 0) is 22.9 Å². The topological polar surface area (TPSA) is 59.1 Å². The lowest BCUT2D eigenvalue weighted by atomic mass is 9.92. The summed E-state index contributed by atoms with van der Waals surface area (Å²) in [7, 11) is -3.65. The normalized spacial score (nSPS) is 13.5. The third-order valence-electron chi connectivity index (χ3n) is 5.57. The van der Waals surface area contributed by atoms with Gasteiger partial charge in [0, 0.05) is 22.2 Å². The van der Waals surface area contributed by atoms with Gasteiger partial charge in [-0.05, 0) is 61.1 Å². The number of sulfonamides is 1. The summed E-state index contributed by atoms with van der Waals surface area (Å²) >= 11 is 1.58. The minimum absolute atomic E-state index is 0.318. The Balaban J connectivity index is 1.40. The Bertz CT molecular complexity index is 1330. The molecule has 0 amide bonds. The molecule has 6 heteroatoms. The van der Waals surface area contributed by atoms with Gasteiger partial charge in [0.2, 0.25) is 0 Å². The molecule has 0 unspecified atom stereocenters. The number of aryl methyl sites for hydroxylation is 2. The molecule has 4 aromatic rings. The van der Waals surface area contributed by atoms with Gasteiger partial charge in [0.25, 0.3) is 10.0 Å². The first-order chi connectivity index (χ1) is 15.1. The van der Waals surface area contributed by atoms with Crippen LogP contribution in [0.25, 0.3) is 21.8 Å². The number of thiazole rings is 1. The Hall–Kier alpha value is -2.96. The molecule has 0 bridgehead atoms. The van der Waals surface area contributed by atoms with Gasteiger partial charge in [-0.3, -0.25) is 4.72 Å². The fourth-order valence-electron chi connectivity index (χ4n) is 3.95. The maximum Gasteiger partial charge on any atom is 0.261 e. The molecule has 0 saturated heterocycles. The number of anilines is 1. The maximum absolute atomic E-state index is 13.0. The quantitative estimate of drug-likeness (QED) is 0.400. The molecule has 3 aromatic carbocycles. The minimum atomic E-state index is -3.65. The van der Waals surface area contributed by atoms with Crippen molar-refractivity contribution in [3.8, 4) is 21.8 Å². The highest BCUT2D eigenvalue weighted by Gasteiger charge is 2.18. The highest BCUT2D eigenvalue weighted by atomic mass is 32.2. The highest BCUT2D eigenvalue weighted by Crippen LogP contribution is 2.31. The number of benzene rings is 3. The standard InChI is InChI=1S/C25H22N2O2S2/c28-31(29,23-14-13-18-7-4-5-10-20(18)16-23)27-22-12-6-11-21(15-22)24-17-30-25(26-24)19-8-2-1-3-9-19/h1-3,6,8-9,11-17,27H,4-5,7,10H2. The lowest BCUT2D eigenvalue weighted by molar-refractivity contribution is 0.600. The minimum Gasteiger partial charge on any atom is -0.280 e. The van der Waals surface area contributed by atoms with Gasteiger partial charge < -0.3 is 0 Å². The van der Waals surface area contributed by atoms with Gasteiger partial charge >= 0.3 is 0 Å². The molecule has 1 aliphatic rings. The summed E-state index contributed by atoms with van der Waals surface area (Å²) in [6.07, 6.45) is 4.27. The first kappa shape index (κ1) is 20.0. The van der Waals surface area contributed by atoms with E-state index in [1.54, 1.807) is 23.5 Å². The molecule has 5 rings (SSSR count). The van der Waals surface area contributed by atoms with Gasteiger partial charge in [0.15, 0.2) is 0 Å². The zero-order chi connectivity index (χ0) is 21.3. The van der Waals surface area contributed by atoms with Gasteiger partial charge in [0.05, 0.1) is 10.6 Å². The Labute approximate surface area is 186 Å². The van der Waals surface area contributed by atoms with Crippen LogP contribution in [0, 0.1) is 0 Å². The predicted octanol–water partition coefficient (Wildman–Crippen LogP) is 6.16. The van der Waals surface area contributed by atoms with Crippen molar-refractivity contribution >= 4 is 27.0 Å². The Morgan fingerprint density at radius 2 is 1.58 bits per heavy atom. The molecule has 31 heavy (non-hydrogen) atoms. The van der Waals surface area contributed by atoms with Crippen LogP contribution >= 0.6 is 11.3 Å². The largest absolute Gasteiger partial charge is 0.280 e. The Kier molecular flexibility index (Phi) is 5.34. The van der Waals surface area contributed by atoms with Crippen molar-refractivity contribution in [2.24, 2.45) is 0 Å². The molecule has 4 nitrogen and oxygen atoms in total. The summed E-state index contributed by atoms with van der Waals surface area (Å²) < 4.78 is 28.7. The molecule has 1 aliphatic carbocycles. The van der Waals surface area contributed by atoms with E-state index >= 15 is 0 Å². The predicted molar refractivity (Wildman–Crippen MR) is 127 cm³/mol. The van der Waals surface area contributed by atoms with Crippen molar-refractivity contribution in [3.05, 3.63) is 89.3 Å². The van der Waals surface area contributed by atoms with Crippen molar-refractivity contribution < 1.29 is 8.42 Å². The molecular formula is C25H22N2O2S2. The first-order valence-electron chi connectivity index (χ1n) is 10.3. The highest BCUT2D eigenvalue weighted by molar-refractivity contribution is 7.92. The zero-order valence-electron chi connectivity index (χ0n) is 16.9. The first-order valence-corrected chi connectivity index (χ1v) is 12.7. The number of rotatable bonds is 5. The van der Waals surface area contributed by atoms with Crippen LogP contribution in [-0.4, -0.2) is 13.4 Å². The molecule has 0 radical (unpaired) electrons. The summed E-state index contributed by atoms with van der Waals surface area (Å²) in [6, 6.07) is 22.9. The summed E-state index contributed by atoms with van der Waals surface area (Å²) in [6.45, 7) is 0. The van der Waals surface area contributed by atoms with Crippen LogP contribution in [0.3, 0.4) is 0 Å². The fourth-order valence-corrected chi connectivity index (χ4v) is 5.89. The molecule has 1 N–H and O–H groups in total. The van der Waals surface area contributed by atoms with E-state index in [1.165, 1.54) is 12.0 Å². The van der Waals surface area contributed by atoms with Crippen molar-refractivity contribution in [2.45, 2.75) is 30.6 Å². The van der Waals surface area contributed by atoms with Crippen molar-refractivity contribution in [3.63, 3.8) is 0 Å². The van der Waals surface area contributed by atoms with E-state index in [1.807, 2.05) is 66.0 Å². The van der Waals surface area contributed by atoms with E-state index in [0.717, 1.165) is 46.7 Å². The van der Waals surface area contributed by atoms with Crippen LogP contribution in [0.5, 0.6) is 0 Å². The molecule has 1 aromatic heterocycles. The van der Waals surface area contributed by atoms with Crippen molar-refractivity contribution in [1.82, 2.24) is 4.98 Å². The van der Waals surface area contributed by atoms with Crippen LogP contribution in [0.15, 0.2) is 83.1 Å². The van der Waals surface area contributed by atoms with Crippen molar-refractivity contribution in [2.75, 3.05) is 4.72 Å². The summed E-state index contributed by atoms with van der Waals surface area (Å²) in [5.41, 5.74) is 5.74. The van der Waals surface area contributed by atoms with E-state index in [4.69, 9.17) is 4.98 Å². The maximum atomic E-state index is 13.0. The van der Waals surface area contributed by atoms with E-state index in [2.05, 4.69) is 4.72 Å². The van der Waals surface area contributed by atoms with E-state index < -0.39 is 10.0 Å². The van der Waals surface area contributed by atoms with Crippen LogP contribution in [0.2, 0.25) is 0 Å². The molecule has 0 spiro atoms. The Morgan fingerprint density at radius 3 is 2.42 bits per heavy atom. The van der Waals surface area contributed by atoms with Crippen LogP contribution in [0.4, 0.5) is 5.69 Å². The number of nitrogens with one attached hydrogen (secondary N) is 1. The number of hydrogen-bond acceptors (Lipinski definition) is 4. The van der Waals surface area contributed by atoms with E-state index in [0.29, 0.717) is 10.6 Å². The lowest BCUT2D eigenvalue weighted by Crippen LogP contribution is -2.14. The van der Waals surface area contributed by atoms with Gasteiger partial charge in [-0.15, -0.1) is 11.3 Å². The second-order valence-corrected chi connectivity index (χ2v) is 10.3. The second-order valence-electron chi connectivity index (χ2n) is 7.73. The average molecular weight is 447 g/mol. The number of fused-ring (bicyclic) bond motifs is 1. The number of hydrogen-bond donors (Lipinski definition) is 1. The monoisotopic (exact) mass is 446 g/mol. The van der Waals surface area contributed by atoms with Crippen molar-refractivity contribution in [1.29, 1.82) is 0 Å². The SMILES string of the molecule is O=S(=O)(Nc1cccc(-c2csc(-c3ccccc3)n2)c1)c1ccc2c(c1)CCCC2. The molecule has 0 atom stereocenters. The molecule has 0 fully saturated rings. The van der Waals surface area contributed by atoms with Gasteiger partial charge in [-0.2, -0.15) is 0 Å². The summed E-state index contributed by atoms with van der Waals surface area (Å²) in [5, 5.41) is 2.94. The summed E-state index contributed by atoms with van der Waals surface area (Å²) in [5.74, 6) is 0. The number of aromatic nitrogens is 1. The molecule has 0 saturated carbocycles. The molecular weight excluding hydrogens is 424 g/mol. The molecule has 1 heterocycles. The van der Waals surface area contributed by atoms with Gasteiger partial charge in [-0.25, -0.2) is 13.4 Å². The van der Waals surface area contributed by atoms with E-state index in [-0.39, 0.29) is 0 Å².